The minimum Gasteiger partial charge on any atom is -0.505 e. The number of benzene rings is 1. The van der Waals surface area contributed by atoms with Crippen molar-refractivity contribution in [2.75, 3.05) is 6.54 Å². The second-order valence-electron chi connectivity index (χ2n) is 3.04. The van der Waals surface area contributed by atoms with Crippen LogP contribution in [0.15, 0.2) is 18.2 Å². The van der Waals surface area contributed by atoms with Crippen LogP contribution < -0.4 is 5.73 Å². The van der Waals surface area contributed by atoms with Crippen LogP contribution in [0.1, 0.15) is 11.5 Å². The Bertz CT molecular complexity index is 350. The fourth-order valence-electron chi connectivity index (χ4n) is 1.20. The summed E-state index contributed by atoms with van der Waals surface area (Å²) in [4.78, 5) is 0. The highest BCUT2D eigenvalue weighted by molar-refractivity contribution is 5.31. The van der Waals surface area contributed by atoms with Crippen molar-refractivity contribution in [3.8, 4) is 5.75 Å². The van der Waals surface area contributed by atoms with Crippen molar-refractivity contribution in [2.24, 2.45) is 5.73 Å². The van der Waals surface area contributed by atoms with E-state index in [2.05, 4.69) is 0 Å². The fraction of sp³-hybridized carbons (Fsp3) is 0.333. The van der Waals surface area contributed by atoms with E-state index in [4.69, 9.17) is 10.8 Å². The predicted octanol–water partition coefficient (Wildman–Crippen LogP) is 2.14. The molecule has 84 valence electrons. The standard InChI is InChI=1S/C9H9F4NO/c10-7-3-5(1-2-8(7)15)6(4-14)9(11,12)13/h1-3,6,15H,4,14H2. The van der Waals surface area contributed by atoms with Crippen LogP contribution in [0.5, 0.6) is 5.75 Å². The molecule has 1 atom stereocenters. The van der Waals surface area contributed by atoms with Crippen molar-refractivity contribution in [1.29, 1.82) is 0 Å². The van der Waals surface area contributed by atoms with Crippen molar-refractivity contribution >= 4 is 0 Å². The molecule has 1 rings (SSSR count). The van der Waals surface area contributed by atoms with Gasteiger partial charge in [-0.2, -0.15) is 13.2 Å². The molecule has 1 unspecified atom stereocenters. The van der Waals surface area contributed by atoms with Gasteiger partial charge in [-0.05, 0) is 17.7 Å². The smallest absolute Gasteiger partial charge is 0.396 e. The number of hydrogen-bond donors (Lipinski definition) is 2. The summed E-state index contributed by atoms with van der Waals surface area (Å²) in [6.07, 6.45) is -4.52. The molecule has 0 heterocycles. The van der Waals surface area contributed by atoms with E-state index in [9.17, 15) is 17.6 Å². The highest BCUT2D eigenvalue weighted by Gasteiger charge is 2.39. The molecule has 0 fully saturated rings. The first-order valence-corrected chi connectivity index (χ1v) is 4.11. The maximum absolute atomic E-state index is 12.8. The third-order valence-electron chi connectivity index (χ3n) is 2.00. The van der Waals surface area contributed by atoms with Gasteiger partial charge in [0.1, 0.15) is 0 Å². The molecule has 1 aromatic carbocycles. The Morgan fingerprint density at radius 2 is 1.93 bits per heavy atom. The van der Waals surface area contributed by atoms with Crippen LogP contribution in [-0.4, -0.2) is 17.8 Å². The third-order valence-corrected chi connectivity index (χ3v) is 2.00. The van der Waals surface area contributed by atoms with Crippen LogP contribution in [0.3, 0.4) is 0 Å². The molecule has 3 N–H and O–H groups in total. The molecule has 0 aromatic heterocycles. The molecule has 0 radical (unpaired) electrons. The average Bonchev–Trinajstić information content (AvgIpc) is 2.10. The van der Waals surface area contributed by atoms with Gasteiger partial charge in [-0.15, -0.1) is 0 Å². The molecule has 0 amide bonds. The summed E-state index contributed by atoms with van der Waals surface area (Å²) in [5.41, 5.74) is 4.68. The van der Waals surface area contributed by atoms with Gasteiger partial charge in [-0.1, -0.05) is 6.07 Å². The molecular formula is C9H9F4NO. The molecule has 0 bridgehead atoms. The maximum Gasteiger partial charge on any atom is 0.396 e. The lowest BCUT2D eigenvalue weighted by molar-refractivity contribution is -0.148. The SMILES string of the molecule is NCC(c1ccc(O)c(F)c1)C(F)(F)F. The summed E-state index contributed by atoms with van der Waals surface area (Å²) in [5, 5.41) is 8.81. The molecule has 15 heavy (non-hydrogen) atoms. The van der Waals surface area contributed by atoms with Crippen molar-refractivity contribution in [3.05, 3.63) is 29.6 Å². The van der Waals surface area contributed by atoms with Gasteiger partial charge in [0.2, 0.25) is 0 Å². The molecule has 1 aromatic rings. The number of halogens is 4. The lowest BCUT2D eigenvalue weighted by Gasteiger charge is -2.18. The van der Waals surface area contributed by atoms with Crippen LogP contribution in [0.4, 0.5) is 17.6 Å². The molecule has 2 nitrogen and oxygen atoms in total. The number of aromatic hydroxyl groups is 1. The Morgan fingerprint density at radius 3 is 2.33 bits per heavy atom. The Morgan fingerprint density at radius 1 is 1.33 bits per heavy atom. The van der Waals surface area contributed by atoms with Gasteiger partial charge in [-0.25, -0.2) is 4.39 Å². The van der Waals surface area contributed by atoms with Gasteiger partial charge in [0.05, 0.1) is 5.92 Å². The first-order valence-electron chi connectivity index (χ1n) is 4.11. The molecular weight excluding hydrogens is 214 g/mol. The van der Waals surface area contributed by atoms with Gasteiger partial charge in [0.25, 0.3) is 0 Å². The summed E-state index contributed by atoms with van der Waals surface area (Å²) in [7, 11) is 0. The van der Waals surface area contributed by atoms with E-state index in [0.717, 1.165) is 12.1 Å². The van der Waals surface area contributed by atoms with Crippen LogP contribution >= 0.6 is 0 Å². The lowest BCUT2D eigenvalue weighted by Crippen LogP contribution is -2.28. The molecule has 0 saturated carbocycles. The second-order valence-corrected chi connectivity index (χ2v) is 3.04. The highest BCUT2D eigenvalue weighted by Crippen LogP contribution is 2.35. The number of rotatable bonds is 2. The summed E-state index contributed by atoms with van der Waals surface area (Å²) >= 11 is 0. The van der Waals surface area contributed by atoms with Gasteiger partial charge in [0, 0.05) is 6.54 Å². The van der Waals surface area contributed by atoms with Crippen molar-refractivity contribution < 1.29 is 22.7 Å². The summed E-state index contributed by atoms with van der Waals surface area (Å²) in [6.45, 7) is -0.659. The monoisotopic (exact) mass is 223 g/mol. The van der Waals surface area contributed by atoms with Gasteiger partial charge in [-0.3, -0.25) is 0 Å². The zero-order valence-corrected chi connectivity index (χ0v) is 7.55. The Labute approximate surface area is 83.3 Å². The minimum atomic E-state index is -4.52. The summed E-state index contributed by atoms with van der Waals surface area (Å²) in [5.74, 6) is -3.68. The molecule has 6 heteroatoms. The largest absolute Gasteiger partial charge is 0.505 e. The quantitative estimate of drug-likeness (QED) is 0.754. The van der Waals surface area contributed by atoms with Crippen molar-refractivity contribution in [3.63, 3.8) is 0 Å². The van der Waals surface area contributed by atoms with Crippen LogP contribution in [0.2, 0.25) is 0 Å². The van der Waals surface area contributed by atoms with Gasteiger partial charge < -0.3 is 10.8 Å². The summed E-state index contributed by atoms with van der Waals surface area (Å²) in [6, 6.07) is 2.52. The van der Waals surface area contributed by atoms with E-state index in [-0.39, 0.29) is 5.56 Å². The Hall–Kier alpha value is -1.30. The Balaban J connectivity index is 3.08. The predicted molar refractivity (Wildman–Crippen MR) is 45.9 cm³/mol. The van der Waals surface area contributed by atoms with Crippen molar-refractivity contribution in [2.45, 2.75) is 12.1 Å². The zero-order chi connectivity index (χ0) is 11.6. The molecule has 0 aliphatic rings. The van der Waals surface area contributed by atoms with E-state index in [1.54, 1.807) is 0 Å². The van der Waals surface area contributed by atoms with Gasteiger partial charge >= 0.3 is 6.18 Å². The van der Waals surface area contributed by atoms with Crippen molar-refractivity contribution in [1.82, 2.24) is 0 Å². The number of alkyl halides is 3. The molecule has 0 aliphatic heterocycles. The molecule has 0 aliphatic carbocycles. The number of phenolic OH excluding ortho intramolecular Hbond substituents is 1. The van der Waals surface area contributed by atoms with E-state index < -0.39 is 30.2 Å². The second kappa shape index (κ2) is 4.06. The first kappa shape index (κ1) is 11.8. The minimum absolute atomic E-state index is 0.291. The molecule has 0 spiro atoms. The Kier molecular flexibility index (Phi) is 3.18. The van der Waals surface area contributed by atoms with E-state index in [0.29, 0.717) is 6.07 Å². The summed E-state index contributed by atoms with van der Waals surface area (Å²) < 4.78 is 49.9. The van der Waals surface area contributed by atoms with Crippen LogP contribution in [0, 0.1) is 5.82 Å². The normalized spacial score (nSPS) is 13.9. The average molecular weight is 223 g/mol. The fourth-order valence-corrected chi connectivity index (χ4v) is 1.20. The van der Waals surface area contributed by atoms with Gasteiger partial charge in [0.15, 0.2) is 11.6 Å². The van der Waals surface area contributed by atoms with Crippen LogP contribution in [0.25, 0.3) is 0 Å². The first-order chi connectivity index (χ1) is 6.86. The lowest BCUT2D eigenvalue weighted by atomic mass is 9.98. The number of phenols is 1. The number of nitrogens with two attached hydrogens (primary N) is 1. The topological polar surface area (TPSA) is 46.2 Å². The van der Waals surface area contributed by atoms with E-state index in [1.807, 2.05) is 0 Å². The molecule has 0 saturated heterocycles. The third kappa shape index (κ3) is 2.59. The number of hydrogen-bond acceptors (Lipinski definition) is 2. The van der Waals surface area contributed by atoms with Crippen LogP contribution in [-0.2, 0) is 0 Å². The zero-order valence-electron chi connectivity index (χ0n) is 7.55. The van der Waals surface area contributed by atoms with E-state index in [1.165, 1.54) is 0 Å². The maximum atomic E-state index is 12.8. The highest BCUT2D eigenvalue weighted by atomic mass is 19.4. The van der Waals surface area contributed by atoms with E-state index >= 15 is 0 Å².